The van der Waals surface area contributed by atoms with E-state index in [-0.39, 0.29) is 5.82 Å². The summed E-state index contributed by atoms with van der Waals surface area (Å²) in [5, 5.41) is 0. The van der Waals surface area contributed by atoms with Crippen LogP contribution in [-0.2, 0) is 0 Å². The van der Waals surface area contributed by atoms with Crippen molar-refractivity contribution in [2.24, 2.45) is 4.99 Å². The molecule has 2 aromatic rings. The highest BCUT2D eigenvalue weighted by Gasteiger charge is 2.15. The number of aliphatic imine (C=N–C) groups is 1. The summed E-state index contributed by atoms with van der Waals surface area (Å²) in [6.07, 6.45) is 4.00. The van der Waals surface area contributed by atoms with Crippen LogP contribution in [0.2, 0.25) is 0 Å². The van der Waals surface area contributed by atoms with E-state index in [9.17, 15) is 4.39 Å². The predicted octanol–water partition coefficient (Wildman–Crippen LogP) is 5.25. The van der Waals surface area contributed by atoms with Crippen LogP contribution >= 0.6 is 15.9 Å². The van der Waals surface area contributed by atoms with Crippen molar-refractivity contribution < 1.29 is 4.39 Å². The number of benzene rings is 2. The SMILES string of the molecule is Cc1cc(N=Cc2ccc(N3CCCC3)c(F)c2)ccc1Br. The van der Waals surface area contributed by atoms with Gasteiger partial charge in [-0.05, 0) is 61.2 Å². The van der Waals surface area contributed by atoms with Gasteiger partial charge in [0.15, 0.2) is 0 Å². The average Bonchev–Trinajstić information content (AvgIpc) is 3.02. The van der Waals surface area contributed by atoms with E-state index in [0.717, 1.165) is 47.2 Å². The second-order valence-corrected chi connectivity index (χ2v) is 6.45. The second kappa shape index (κ2) is 6.61. The van der Waals surface area contributed by atoms with Crippen molar-refractivity contribution in [3.05, 3.63) is 57.8 Å². The van der Waals surface area contributed by atoms with E-state index in [2.05, 4.69) is 25.8 Å². The van der Waals surface area contributed by atoms with E-state index in [0.29, 0.717) is 5.69 Å². The minimum atomic E-state index is -0.169. The van der Waals surface area contributed by atoms with Gasteiger partial charge in [0.1, 0.15) is 5.82 Å². The molecule has 0 aromatic heterocycles. The van der Waals surface area contributed by atoms with E-state index in [4.69, 9.17) is 0 Å². The van der Waals surface area contributed by atoms with Crippen molar-refractivity contribution in [2.45, 2.75) is 19.8 Å². The van der Waals surface area contributed by atoms with Gasteiger partial charge in [-0.3, -0.25) is 4.99 Å². The Labute approximate surface area is 138 Å². The Morgan fingerprint density at radius 2 is 1.91 bits per heavy atom. The molecule has 0 saturated carbocycles. The number of nitrogens with zero attached hydrogens (tertiary/aromatic N) is 2. The zero-order chi connectivity index (χ0) is 15.5. The van der Waals surface area contributed by atoms with Crippen LogP contribution < -0.4 is 4.90 Å². The third-order valence-corrected chi connectivity index (χ3v) is 4.81. The number of anilines is 1. The van der Waals surface area contributed by atoms with Crippen molar-refractivity contribution in [1.82, 2.24) is 0 Å². The molecule has 0 N–H and O–H groups in total. The van der Waals surface area contributed by atoms with Gasteiger partial charge in [-0.2, -0.15) is 0 Å². The molecule has 1 aliphatic heterocycles. The summed E-state index contributed by atoms with van der Waals surface area (Å²) < 4.78 is 15.3. The molecule has 0 spiro atoms. The first-order valence-electron chi connectivity index (χ1n) is 7.48. The summed E-state index contributed by atoms with van der Waals surface area (Å²) in [5.41, 5.74) is 3.48. The third kappa shape index (κ3) is 3.38. The van der Waals surface area contributed by atoms with Gasteiger partial charge in [-0.25, -0.2) is 4.39 Å². The molecule has 1 fully saturated rings. The minimum Gasteiger partial charge on any atom is -0.369 e. The Bertz CT molecular complexity index is 706. The van der Waals surface area contributed by atoms with Crippen molar-refractivity contribution in [3.63, 3.8) is 0 Å². The maximum Gasteiger partial charge on any atom is 0.147 e. The zero-order valence-corrected chi connectivity index (χ0v) is 14.1. The number of halogens is 2. The number of hydrogen-bond donors (Lipinski definition) is 0. The van der Waals surface area contributed by atoms with E-state index in [1.54, 1.807) is 12.3 Å². The Hall–Kier alpha value is -1.68. The van der Waals surface area contributed by atoms with E-state index < -0.39 is 0 Å². The van der Waals surface area contributed by atoms with E-state index in [1.807, 2.05) is 37.3 Å². The maximum atomic E-state index is 14.2. The van der Waals surface area contributed by atoms with Crippen molar-refractivity contribution in [3.8, 4) is 0 Å². The van der Waals surface area contributed by atoms with Gasteiger partial charge in [0.2, 0.25) is 0 Å². The van der Waals surface area contributed by atoms with Gasteiger partial charge >= 0.3 is 0 Å². The monoisotopic (exact) mass is 360 g/mol. The first kappa shape index (κ1) is 15.2. The second-order valence-electron chi connectivity index (χ2n) is 5.60. The van der Waals surface area contributed by atoms with Crippen LogP contribution in [0, 0.1) is 12.7 Å². The fourth-order valence-corrected chi connectivity index (χ4v) is 2.92. The average molecular weight is 361 g/mol. The van der Waals surface area contributed by atoms with Gasteiger partial charge in [0.05, 0.1) is 11.4 Å². The standard InChI is InChI=1S/C18H18BrFN2/c1-13-10-15(5-6-16(13)19)21-12-14-4-7-18(17(20)11-14)22-8-2-3-9-22/h4-7,10-12H,2-3,8-9H2,1H3. The van der Waals surface area contributed by atoms with Crippen LogP contribution in [-0.4, -0.2) is 19.3 Å². The van der Waals surface area contributed by atoms with Crippen molar-refractivity contribution >= 4 is 33.5 Å². The van der Waals surface area contributed by atoms with Crippen molar-refractivity contribution in [2.75, 3.05) is 18.0 Å². The van der Waals surface area contributed by atoms with Gasteiger partial charge in [0.25, 0.3) is 0 Å². The Kier molecular flexibility index (Phi) is 4.57. The molecule has 1 saturated heterocycles. The topological polar surface area (TPSA) is 15.6 Å². The van der Waals surface area contributed by atoms with Crippen LogP contribution in [0.5, 0.6) is 0 Å². The fraction of sp³-hybridized carbons (Fsp3) is 0.278. The molecule has 0 aliphatic carbocycles. The van der Waals surface area contributed by atoms with Crippen LogP contribution in [0.15, 0.2) is 45.9 Å². The van der Waals surface area contributed by atoms with Gasteiger partial charge < -0.3 is 4.90 Å². The molecule has 0 atom stereocenters. The summed E-state index contributed by atoms with van der Waals surface area (Å²) in [5.74, 6) is -0.169. The molecule has 1 aliphatic rings. The smallest absolute Gasteiger partial charge is 0.147 e. The first-order valence-corrected chi connectivity index (χ1v) is 8.27. The lowest BCUT2D eigenvalue weighted by Gasteiger charge is -2.18. The van der Waals surface area contributed by atoms with Gasteiger partial charge in [0, 0.05) is 23.8 Å². The Balaban J connectivity index is 1.78. The molecule has 4 heteroatoms. The summed E-state index contributed by atoms with van der Waals surface area (Å²) in [6, 6.07) is 11.2. The molecule has 1 heterocycles. The molecule has 2 aromatic carbocycles. The highest BCUT2D eigenvalue weighted by atomic mass is 79.9. The quantitative estimate of drug-likeness (QED) is 0.682. The van der Waals surface area contributed by atoms with Crippen LogP contribution in [0.3, 0.4) is 0 Å². The van der Waals surface area contributed by atoms with Gasteiger partial charge in [-0.15, -0.1) is 0 Å². The summed E-state index contributed by atoms with van der Waals surface area (Å²) >= 11 is 3.47. The molecule has 22 heavy (non-hydrogen) atoms. The maximum absolute atomic E-state index is 14.2. The van der Waals surface area contributed by atoms with Crippen LogP contribution in [0.25, 0.3) is 0 Å². The largest absolute Gasteiger partial charge is 0.369 e. The highest BCUT2D eigenvalue weighted by molar-refractivity contribution is 9.10. The lowest BCUT2D eigenvalue weighted by atomic mass is 10.2. The molecule has 114 valence electrons. The summed E-state index contributed by atoms with van der Waals surface area (Å²) in [6.45, 7) is 3.92. The molecule has 2 nitrogen and oxygen atoms in total. The van der Waals surface area contributed by atoms with Crippen LogP contribution in [0.4, 0.5) is 15.8 Å². The van der Waals surface area contributed by atoms with E-state index >= 15 is 0 Å². The normalized spacial score (nSPS) is 15.0. The first-order chi connectivity index (χ1) is 10.6. The van der Waals surface area contributed by atoms with Crippen molar-refractivity contribution in [1.29, 1.82) is 0 Å². The molecule has 0 amide bonds. The lowest BCUT2D eigenvalue weighted by Crippen LogP contribution is -2.18. The molecule has 0 radical (unpaired) electrons. The summed E-state index contributed by atoms with van der Waals surface area (Å²) in [7, 11) is 0. The molecule has 0 unspecified atom stereocenters. The van der Waals surface area contributed by atoms with E-state index in [1.165, 1.54) is 0 Å². The molecular formula is C18H18BrFN2. The lowest BCUT2D eigenvalue weighted by molar-refractivity contribution is 0.623. The fourth-order valence-electron chi connectivity index (χ4n) is 2.68. The number of rotatable bonds is 3. The Morgan fingerprint density at radius 1 is 1.14 bits per heavy atom. The highest BCUT2D eigenvalue weighted by Crippen LogP contribution is 2.25. The summed E-state index contributed by atoms with van der Waals surface area (Å²) in [4.78, 5) is 6.53. The molecular weight excluding hydrogens is 343 g/mol. The molecule has 3 rings (SSSR count). The van der Waals surface area contributed by atoms with Gasteiger partial charge in [-0.1, -0.05) is 22.0 Å². The number of hydrogen-bond acceptors (Lipinski definition) is 2. The van der Waals surface area contributed by atoms with Crippen LogP contribution in [0.1, 0.15) is 24.0 Å². The molecule has 0 bridgehead atoms. The predicted molar refractivity (Wildman–Crippen MR) is 94.0 cm³/mol. The zero-order valence-electron chi connectivity index (χ0n) is 12.5. The minimum absolute atomic E-state index is 0.169. The number of aryl methyl sites for hydroxylation is 1. The third-order valence-electron chi connectivity index (χ3n) is 3.92. The Morgan fingerprint density at radius 3 is 2.59 bits per heavy atom.